The molecule has 0 bridgehead atoms. The number of nitrogens with one attached hydrogen (secondary N) is 2. The minimum atomic E-state index is -0.892. The van der Waals surface area contributed by atoms with Crippen molar-refractivity contribution in [2.45, 2.75) is 19.8 Å². The second-order valence-corrected chi connectivity index (χ2v) is 3.42. The Bertz CT molecular complexity index is 281. The number of carbonyl (C=O) groups excluding carboxylic acids is 2. The number of amides is 3. The molecular formula is C10H19N3O4. The van der Waals surface area contributed by atoms with Crippen LogP contribution in [0.5, 0.6) is 0 Å². The van der Waals surface area contributed by atoms with Gasteiger partial charge in [-0.15, -0.1) is 0 Å². The highest BCUT2D eigenvalue weighted by molar-refractivity contribution is 5.83. The number of hydrogen-bond acceptors (Lipinski definition) is 3. The van der Waals surface area contributed by atoms with E-state index in [0.717, 1.165) is 0 Å². The van der Waals surface area contributed by atoms with Crippen LogP contribution in [0.2, 0.25) is 0 Å². The van der Waals surface area contributed by atoms with E-state index < -0.39 is 5.97 Å². The van der Waals surface area contributed by atoms with E-state index in [9.17, 15) is 14.4 Å². The molecule has 0 atom stereocenters. The first-order valence-electron chi connectivity index (χ1n) is 5.46. The number of hydrogen-bond donors (Lipinski definition) is 3. The van der Waals surface area contributed by atoms with Gasteiger partial charge < -0.3 is 20.6 Å². The summed E-state index contributed by atoms with van der Waals surface area (Å²) >= 11 is 0. The number of likely N-dealkylation sites (N-methyl/N-ethyl adjacent to an activating group) is 2. The third-order valence-electron chi connectivity index (χ3n) is 2.13. The normalized spacial score (nSPS) is 9.53. The lowest BCUT2D eigenvalue weighted by Crippen LogP contribution is -2.45. The summed E-state index contributed by atoms with van der Waals surface area (Å²) in [5.74, 6) is -1.13. The van der Waals surface area contributed by atoms with Gasteiger partial charge in [0.1, 0.15) is 6.54 Å². The molecule has 0 aliphatic heterocycles. The molecule has 0 spiro atoms. The van der Waals surface area contributed by atoms with E-state index in [1.54, 1.807) is 6.92 Å². The quantitative estimate of drug-likeness (QED) is 0.533. The van der Waals surface area contributed by atoms with E-state index >= 15 is 0 Å². The molecule has 0 unspecified atom stereocenters. The fourth-order valence-electron chi connectivity index (χ4n) is 1.13. The number of urea groups is 1. The van der Waals surface area contributed by atoms with Crippen molar-refractivity contribution in [1.29, 1.82) is 0 Å². The molecule has 0 heterocycles. The number of rotatable bonds is 7. The van der Waals surface area contributed by atoms with Gasteiger partial charge in [0.05, 0.1) is 0 Å². The minimum Gasteiger partial charge on any atom is -0.481 e. The fraction of sp³-hybridized carbons (Fsp3) is 0.700. The van der Waals surface area contributed by atoms with Crippen LogP contribution in [0, 0.1) is 0 Å². The molecule has 0 aromatic rings. The molecule has 3 N–H and O–H groups in total. The second kappa shape index (κ2) is 8.37. The lowest BCUT2D eigenvalue weighted by atomic mass is 10.3. The van der Waals surface area contributed by atoms with Crippen molar-refractivity contribution in [3.63, 3.8) is 0 Å². The standard InChI is InChI=1S/C10H19N3O4/c1-3-13(7-8(14)11-2)10(17)12-6-4-5-9(15)16/h3-7H2,1-2H3,(H,11,14)(H,12,17)(H,15,16). The lowest BCUT2D eigenvalue weighted by molar-refractivity contribution is -0.137. The zero-order valence-electron chi connectivity index (χ0n) is 10.2. The first-order chi connectivity index (χ1) is 8.01. The molecule has 0 saturated carbocycles. The molecule has 3 amide bonds. The maximum Gasteiger partial charge on any atom is 0.317 e. The van der Waals surface area contributed by atoms with E-state index in [-0.39, 0.29) is 31.4 Å². The Kier molecular flexibility index (Phi) is 7.49. The van der Waals surface area contributed by atoms with Gasteiger partial charge in [0.2, 0.25) is 5.91 Å². The molecule has 17 heavy (non-hydrogen) atoms. The van der Waals surface area contributed by atoms with Gasteiger partial charge >= 0.3 is 12.0 Å². The second-order valence-electron chi connectivity index (χ2n) is 3.42. The van der Waals surface area contributed by atoms with Crippen molar-refractivity contribution in [3.05, 3.63) is 0 Å². The van der Waals surface area contributed by atoms with E-state index in [4.69, 9.17) is 5.11 Å². The van der Waals surface area contributed by atoms with Crippen LogP contribution >= 0.6 is 0 Å². The zero-order valence-corrected chi connectivity index (χ0v) is 10.2. The van der Waals surface area contributed by atoms with Gasteiger partial charge in [0.15, 0.2) is 0 Å². The van der Waals surface area contributed by atoms with Gasteiger partial charge in [-0.3, -0.25) is 9.59 Å². The van der Waals surface area contributed by atoms with Crippen LogP contribution < -0.4 is 10.6 Å². The summed E-state index contributed by atoms with van der Waals surface area (Å²) in [4.78, 5) is 34.2. The summed E-state index contributed by atoms with van der Waals surface area (Å²) in [6.07, 6.45) is 0.389. The SMILES string of the molecule is CCN(CC(=O)NC)C(=O)NCCCC(=O)O. The number of carbonyl (C=O) groups is 3. The zero-order chi connectivity index (χ0) is 13.3. The molecule has 7 nitrogen and oxygen atoms in total. The van der Waals surface area contributed by atoms with Gasteiger partial charge in [-0.1, -0.05) is 0 Å². The topological polar surface area (TPSA) is 98.7 Å². The first-order valence-corrected chi connectivity index (χ1v) is 5.46. The molecule has 0 aliphatic rings. The Morgan fingerprint density at radius 1 is 1.29 bits per heavy atom. The summed E-state index contributed by atoms with van der Waals surface area (Å²) in [6, 6.07) is -0.360. The maximum absolute atomic E-state index is 11.6. The number of nitrogens with zero attached hydrogens (tertiary/aromatic N) is 1. The van der Waals surface area contributed by atoms with E-state index in [1.807, 2.05) is 0 Å². The summed E-state index contributed by atoms with van der Waals surface area (Å²) in [5.41, 5.74) is 0. The van der Waals surface area contributed by atoms with Gasteiger partial charge in [0.25, 0.3) is 0 Å². The van der Waals surface area contributed by atoms with Crippen LogP contribution in [0.25, 0.3) is 0 Å². The minimum absolute atomic E-state index is 0.00222. The Morgan fingerprint density at radius 3 is 2.41 bits per heavy atom. The van der Waals surface area contributed by atoms with Crippen LogP contribution in [0.1, 0.15) is 19.8 Å². The molecule has 7 heteroatoms. The van der Waals surface area contributed by atoms with Gasteiger partial charge in [0, 0.05) is 26.6 Å². The van der Waals surface area contributed by atoms with Crippen molar-refractivity contribution in [3.8, 4) is 0 Å². The van der Waals surface area contributed by atoms with Crippen molar-refractivity contribution in [2.75, 3.05) is 26.7 Å². The predicted octanol–water partition coefficient (Wildman–Crippen LogP) is -0.371. The van der Waals surface area contributed by atoms with Crippen molar-refractivity contribution < 1.29 is 19.5 Å². The highest BCUT2D eigenvalue weighted by atomic mass is 16.4. The summed E-state index contributed by atoms with van der Waals surface area (Å²) in [6.45, 7) is 2.46. The average molecular weight is 245 g/mol. The van der Waals surface area contributed by atoms with Crippen LogP contribution in [0.4, 0.5) is 4.79 Å². The molecule has 0 fully saturated rings. The summed E-state index contributed by atoms with van der Waals surface area (Å²) in [7, 11) is 1.50. The maximum atomic E-state index is 11.6. The molecule has 0 aliphatic carbocycles. The monoisotopic (exact) mass is 245 g/mol. The van der Waals surface area contributed by atoms with E-state index in [1.165, 1.54) is 11.9 Å². The Hall–Kier alpha value is -1.79. The molecule has 0 rings (SSSR count). The Morgan fingerprint density at radius 2 is 1.94 bits per heavy atom. The number of carboxylic acid groups (broad SMARTS) is 1. The van der Waals surface area contributed by atoms with Crippen LogP contribution in [0.3, 0.4) is 0 Å². The molecule has 98 valence electrons. The predicted molar refractivity (Wildman–Crippen MR) is 61.6 cm³/mol. The van der Waals surface area contributed by atoms with Gasteiger partial charge in [-0.25, -0.2) is 4.79 Å². The van der Waals surface area contributed by atoms with Crippen molar-refractivity contribution in [1.82, 2.24) is 15.5 Å². The van der Waals surface area contributed by atoms with E-state index in [0.29, 0.717) is 13.0 Å². The molecule has 0 aromatic carbocycles. The van der Waals surface area contributed by atoms with Gasteiger partial charge in [-0.05, 0) is 13.3 Å². The van der Waals surface area contributed by atoms with Crippen molar-refractivity contribution >= 4 is 17.9 Å². The molecule has 0 radical (unpaired) electrons. The first kappa shape index (κ1) is 15.2. The number of carboxylic acids is 1. The van der Waals surface area contributed by atoms with Crippen LogP contribution in [-0.4, -0.2) is 54.6 Å². The average Bonchev–Trinajstić information content (AvgIpc) is 2.30. The summed E-state index contributed by atoms with van der Waals surface area (Å²) in [5, 5.41) is 13.4. The molecule has 0 saturated heterocycles. The lowest BCUT2D eigenvalue weighted by Gasteiger charge is -2.20. The van der Waals surface area contributed by atoms with Crippen molar-refractivity contribution in [2.24, 2.45) is 0 Å². The smallest absolute Gasteiger partial charge is 0.317 e. The van der Waals surface area contributed by atoms with Gasteiger partial charge in [-0.2, -0.15) is 0 Å². The molecular weight excluding hydrogens is 226 g/mol. The Labute approximate surface area is 100 Å². The van der Waals surface area contributed by atoms with Crippen LogP contribution in [0.15, 0.2) is 0 Å². The summed E-state index contributed by atoms with van der Waals surface area (Å²) < 4.78 is 0. The fourth-order valence-corrected chi connectivity index (χ4v) is 1.13. The third-order valence-corrected chi connectivity index (χ3v) is 2.13. The highest BCUT2D eigenvalue weighted by Crippen LogP contribution is 1.91. The molecule has 0 aromatic heterocycles. The largest absolute Gasteiger partial charge is 0.481 e. The Balaban J connectivity index is 3.91. The number of aliphatic carboxylic acids is 1. The van der Waals surface area contributed by atoms with Crippen LogP contribution in [-0.2, 0) is 9.59 Å². The van der Waals surface area contributed by atoms with E-state index in [2.05, 4.69) is 10.6 Å². The highest BCUT2D eigenvalue weighted by Gasteiger charge is 2.13. The third kappa shape index (κ3) is 7.15.